The Balaban J connectivity index is 2.22. The molecule has 0 atom stereocenters. The Morgan fingerprint density at radius 1 is 1.25 bits per heavy atom. The molecule has 3 rings (SSSR count). The molecule has 20 heavy (non-hydrogen) atoms. The second kappa shape index (κ2) is 4.68. The van der Waals surface area contributed by atoms with Gasteiger partial charge >= 0.3 is 0 Å². The van der Waals surface area contributed by atoms with Crippen molar-refractivity contribution >= 4 is 23.1 Å². The molecule has 100 valence electrons. The van der Waals surface area contributed by atoms with Gasteiger partial charge in [0.2, 0.25) is 5.78 Å². The average Bonchev–Trinajstić information content (AvgIpc) is 2.56. The average molecular weight is 289 g/mol. The largest absolute Gasteiger partial charge is 0.288 e. The van der Waals surface area contributed by atoms with Crippen LogP contribution in [0.15, 0.2) is 30.5 Å². The van der Waals surface area contributed by atoms with E-state index in [1.165, 1.54) is 12.1 Å². The maximum atomic E-state index is 12.5. The molecule has 1 heterocycles. The van der Waals surface area contributed by atoms with Crippen LogP contribution in [-0.2, 0) is 12.8 Å². The van der Waals surface area contributed by atoms with Gasteiger partial charge < -0.3 is 0 Å². The summed E-state index contributed by atoms with van der Waals surface area (Å²) in [5, 5.41) is 11.0. The molecule has 0 unspecified atom stereocenters. The number of hydrogen-bond donors (Lipinski definition) is 0. The highest BCUT2D eigenvalue weighted by Crippen LogP contribution is 2.32. The lowest BCUT2D eigenvalue weighted by Crippen LogP contribution is -2.07. The van der Waals surface area contributed by atoms with Gasteiger partial charge in [0, 0.05) is 17.8 Å². The first-order valence-corrected chi connectivity index (χ1v) is 6.41. The van der Waals surface area contributed by atoms with Crippen LogP contribution < -0.4 is 0 Å². The third kappa shape index (κ3) is 1.96. The summed E-state index contributed by atoms with van der Waals surface area (Å²) in [6.45, 7) is 0. The molecule has 1 aliphatic rings. The minimum Gasteiger partial charge on any atom is -0.287 e. The lowest BCUT2D eigenvalue weighted by atomic mass is 10.0. The highest BCUT2D eigenvalue weighted by Gasteiger charge is 2.26. The van der Waals surface area contributed by atoms with Crippen LogP contribution in [-0.4, -0.2) is 15.7 Å². The number of halogens is 1. The predicted molar refractivity (Wildman–Crippen MR) is 73.2 cm³/mol. The van der Waals surface area contributed by atoms with Crippen molar-refractivity contribution in [1.29, 1.82) is 0 Å². The number of ketones is 1. The monoisotopic (exact) mass is 288 g/mol. The molecule has 1 aliphatic carbocycles. The maximum absolute atomic E-state index is 12.5. The van der Waals surface area contributed by atoms with Crippen molar-refractivity contribution in [3.8, 4) is 0 Å². The molecule has 5 nitrogen and oxygen atoms in total. The maximum Gasteiger partial charge on any atom is 0.288 e. The van der Waals surface area contributed by atoms with E-state index >= 15 is 0 Å². The SMILES string of the molecule is O=C1c2cc([N+](=O)[O-])c(Cl)cc2CCc2cccnc21. The fourth-order valence-corrected chi connectivity index (χ4v) is 2.66. The molecule has 0 saturated heterocycles. The van der Waals surface area contributed by atoms with Crippen molar-refractivity contribution in [2.24, 2.45) is 0 Å². The van der Waals surface area contributed by atoms with Crippen molar-refractivity contribution in [2.75, 3.05) is 0 Å². The van der Waals surface area contributed by atoms with Gasteiger partial charge in [-0.3, -0.25) is 19.9 Å². The van der Waals surface area contributed by atoms with Crippen LogP contribution in [0.25, 0.3) is 0 Å². The van der Waals surface area contributed by atoms with Crippen LogP contribution in [0.4, 0.5) is 5.69 Å². The van der Waals surface area contributed by atoms with Crippen LogP contribution in [0.3, 0.4) is 0 Å². The molecular weight excluding hydrogens is 280 g/mol. The summed E-state index contributed by atoms with van der Waals surface area (Å²) in [5.74, 6) is -0.284. The molecular formula is C14H9ClN2O3. The zero-order valence-electron chi connectivity index (χ0n) is 10.3. The van der Waals surface area contributed by atoms with Crippen LogP contribution in [0.5, 0.6) is 0 Å². The number of benzene rings is 1. The smallest absolute Gasteiger partial charge is 0.287 e. The Labute approximate surface area is 119 Å². The number of nitro groups is 1. The van der Waals surface area contributed by atoms with Gasteiger partial charge in [-0.15, -0.1) is 0 Å². The number of carbonyl (C=O) groups excluding carboxylic acids is 1. The van der Waals surface area contributed by atoms with Gasteiger partial charge in [0.15, 0.2) is 0 Å². The van der Waals surface area contributed by atoms with E-state index in [0.29, 0.717) is 24.1 Å². The van der Waals surface area contributed by atoms with E-state index in [9.17, 15) is 14.9 Å². The molecule has 0 bridgehead atoms. The third-order valence-electron chi connectivity index (χ3n) is 3.38. The predicted octanol–water partition coefficient (Wildman–Crippen LogP) is 2.97. The number of hydrogen-bond acceptors (Lipinski definition) is 4. The lowest BCUT2D eigenvalue weighted by Gasteiger charge is -2.05. The minimum atomic E-state index is -0.583. The molecule has 0 amide bonds. The number of nitro benzene ring substituents is 1. The van der Waals surface area contributed by atoms with E-state index in [4.69, 9.17) is 11.6 Å². The first-order chi connectivity index (χ1) is 9.58. The molecule has 0 radical (unpaired) electrons. The molecule has 2 aromatic rings. The molecule has 1 aromatic carbocycles. The van der Waals surface area contributed by atoms with Gasteiger partial charge in [-0.1, -0.05) is 17.7 Å². The molecule has 0 fully saturated rings. The van der Waals surface area contributed by atoms with Crippen molar-refractivity contribution in [1.82, 2.24) is 4.98 Å². The summed E-state index contributed by atoms with van der Waals surface area (Å²) in [4.78, 5) is 26.9. The van der Waals surface area contributed by atoms with Crippen molar-refractivity contribution < 1.29 is 9.72 Å². The van der Waals surface area contributed by atoms with E-state index < -0.39 is 4.92 Å². The van der Waals surface area contributed by atoms with Gasteiger partial charge in [0.25, 0.3) is 5.69 Å². The van der Waals surface area contributed by atoms with E-state index in [0.717, 1.165) is 11.1 Å². The van der Waals surface area contributed by atoms with Crippen molar-refractivity contribution in [2.45, 2.75) is 12.8 Å². The topological polar surface area (TPSA) is 73.1 Å². The molecule has 0 saturated carbocycles. The molecule has 6 heteroatoms. The Bertz CT molecular complexity index is 743. The van der Waals surface area contributed by atoms with Crippen LogP contribution in [0, 0.1) is 10.1 Å². The summed E-state index contributed by atoms with van der Waals surface area (Å²) >= 11 is 5.90. The molecule has 1 aromatic heterocycles. The standard InChI is InChI=1S/C14H9ClN2O3/c15-11-6-9-4-3-8-2-1-5-16-13(8)14(18)10(9)7-12(11)17(19)20/h1-2,5-7H,3-4H2. The summed E-state index contributed by atoms with van der Waals surface area (Å²) in [6.07, 6.45) is 2.82. The van der Waals surface area contributed by atoms with Gasteiger partial charge in [0.1, 0.15) is 10.7 Å². The Kier molecular flexibility index (Phi) is 2.99. The van der Waals surface area contributed by atoms with Gasteiger partial charge in [0.05, 0.1) is 4.92 Å². The summed E-state index contributed by atoms with van der Waals surface area (Å²) in [5.41, 5.74) is 2.01. The number of nitrogens with zero attached hydrogens (tertiary/aromatic N) is 2. The Hall–Kier alpha value is -2.27. The lowest BCUT2D eigenvalue weighted by molar-refractivity contribution is -0.384. The van der Waals surface area contributed by atoms with Gasteiger partial charge in [-0.25, -0.2) is 0 Å². The second-order valence-electron chi connectivity index (χ2n) is 4.56. The number of pyridine rings is 1. The first-order valence-electron chi connectivity index (χ1n) is 6.03. The second-order valence-corrected chi connectivity index (χ2v) is 4.97. The highest BCUT2D eigenvalue weighted by atomic mass is 35.5. The summed E-state index contributed by atoms with van der Waals surface area (Å²) in [7, 11) is 0. The van der Waals surface area contributed by atoms with E-state index in [1.807, 2.05) is 6.07 Å². The van der Waals surface area contributed by atoms with Gasteiger partial charge in [-0.05, 0) is 36.1 Å². The van der Waals surface area contributed by atoms with E-state index in [-0.39, 0.29) is 16.5 Å². The Morgan fingerprint density at radius 3 is 2.75 bits per heavy atom. The summed E-state index contributed by atoms with van der Waals surface area (Å²) < 4.78 is 0. The number of fused-ring (bicyclic) bond motifs is 2. The normalized spacial score (nSPS) is 13.3. The van der Waals surface area contributed by atoms with Crippen LogP contribution in [0.2, 0.25) is 5.02 Å². The van der Waals surface area contributed by atoms with Crippen LogP contribution >= 0.6 is 11.6 Å². The number of rotatable bonds is 1. The third-order valence-corrected chi connectivity index (χ3v) is 3.69. The van der Waals surface area contributed by atoms with E-state index in [2.05, 4.69) is 4.98 Å². The molecule has 0 N–H and O–H groups in total. The zero-order chi connectivity index (χ0) is 14.3. The number of aryl methyl sites for hydroxylation is 2. The highest BCUT2D eigenvalue weighted by molar-refractivity contribution is 6.33. The quantitative estimate of drug-likeness (QED) is 0.597. The minimum absolute atomic E-state index is 0.0560. The van der Waals surface area contributed by atoms with Crippen molar-refractivity contribution in [3.05, 3.63) is 68.0 Å². The van der Waals surface area contributed by atoms with Gasteiger partial charge in [-0.2, -0.15) is 0 Å². The Morgan fingerprint density at radius 2 is 2.00 bits per heavy atom. The fourth-order valence-electron chi connectivity index (χ4n) is 2.40. The first kappa shape index (κ1) is 12.7. The zero-order valence-corrected chi connectivity index (χ0v) is 11.1. The number of carbonyl (C=O) groups is 1. The summed E-state index contributed by atoms with van der Waals surface area (Å²) in [6, 6.07) is 6.39. The van der Waals surface area contributed by atoms with Crippen molar-refractivity contribution in [3.63, 3.8) is 0 Å². The molecule has 0 aliphatic heterocycles. The molecule has 0 spiro atoms. The number of aromatic nitrogens is 1. The van der Waals surface area contributed by atoms with Crippen LogP contribution in [0.1, 0.15) is 27.2 Å². The van der Waals surface area contributed by atoms with E-state index in [1.54, 1.807) is 12.3 Å². The fraction of sp³-hybridized carbons (Fsp3) is 0.143.